The van der Waals surface area contributed by atoms with Crippen molar-refractivity contribution in [2.45, 2.75) is 18.8 Å². The van der Waals surface area contributed by atoms with Gasteiger partial charge in [-0.3, -0.25) is 4.79 Å². The number of aldehydes is 1. The lowest BCUT2D eigenvalue weighted by Crippen LogP contribution is -2.43. The second kappa shape index (κ2) is 4.61. The number of piperidine rings is 1. The maximum atomic E-state index is 13.3. The van der Waals surface area contributed by atoms with Gasteiger partial charge in [0, 0.05) is 18.5 Å². The number of rotatable bonds is 2. The highest BCUT2D eigenvalue weighted by Crippen LogP contribution is 2.35. The first-order valence-corrected chi connectivity index (χ1v) is 5.78. The molecule has 2 nitrogen and oxygen atoms in total. The van der Waals surface area contributed by atoms with E-state index in [1.54, 1.807) is 18.2 Å². The van der Waals surface area contributed by atoms with Crippen molar-refractivity contribution in [1.29, 1.82) is 0 Å². The van der Waals surface area contributed by atoms with Crippen LogP contribution in [0.2, 0.25) is 5.02 Å². The van der Waals surface area contributed by atoms with E-state index in [1.807, 2.05) is 0 Å². The minimum Gasteiger partial charge on any atom is -0.364 e. The first kappa shape index (κ1) is 12.3. The predicted octanol–water partition coefficient (Wildman–Crippen LogP) is 3.39. The maximum absolute atomic E-state index is 13.3. The molecule has 0 radical (unpaired) electrons. The standard InChI is InChI=1S/C12H12ClF2NO/c13-10-4-1-3-9(7-17)11(10)16-6-2-5-12(14,15)8-16/h1,3-4,7H,2,5-6,8H2. The topological polar surface area (TPSA) is 20.3 Å². The number of para-hydroxylation sites is 1. The molecule has 1 aliphatic rings. The van der Waals surface area contributed by atoms with Gasteiger partial charge in [0.2, 0.25) is 0 Å². The number of nitrogens with zero attached hydrogens (tertiary/aromatic N) is 1. The Balaban J connectivity index is 2.36. The van der Waals surface area contributed by atoms with Crippen LogP contribution in [0.15, 0.2) is 18.2 Å². The zero-order valence-corrected chi connectivity index (χ0v) is 9.88. The third kappa shape index (κ3) is 2.57. The number of halogens is 3. The van der Waals surface area contributed by atoms with Gasteiger partial charge in [0.1, 0.15) is 0 Å². The maximum Gasteiger partial charge on any atom is 0.265 e. The Bertz CT molecular complexity index is 437. The van der Waals surface area contributed by atoms with Crippen LogP contribution in [-0.2, 0) is 0 Å². The monoisotopic (exact) mass is 259 g/mol. The molecule has 0 bridgehead atoms. The average Bonchev–Trinajstić information content (AvgIpc) is 2.27. The molecule has 17 heavy (non-hydrogen) atoms. The summed E-state index contributed by atoms with van der Waals surface area (Å²) in [6, 6.07) is 4.83. The minimum absolute atomic E-state index is 0.107. The zero-order valence-electron chi connectivity index (χ0n) is 9.13. The van der Waals surface area contributed by atoms with E-state index in [9.17, 15) is 13.6 Å². The van der Waals surface area contributed by atoms with Crippen LogP contribution in [0, 0.1) is 0 Å². The van der Waals surface area contributed by atoms with Gasteiger partial charge in [-0.05, 0) is 18.6 Å². The second-order valence-electron chi connectivity index (χ2n) is 4.18. The van der Waals surface area contributed by atoms with Crippen LogP contribution in [-0.4, -0.2) is 25.3 Å². The third-order valence-corrected chi connectivity index (χ3v) is 3.16. The average molecular weight is 260 g/mol. The van der Waals surface area contributed by atoms with E-state index < -0.39 is 5.92 Å². The third-order valence-electron chi connectivity index (χ3n) is 2.85. The lowest BCUT2D eigenvalue weighted by Gasteiger charge is -2.35. The second-order valence-corrected chi connectivity index (χ2v) is 4.58. The molecule has 0 aliphatic carbocycles. The van der Waals surface area contributed by atoms with Crippen LogP contribution in [0.1, 0.15) is 23.2 Å². The van der Waals surface area contributed by atoms with Gasteiger partial charge in [-0.25, -0.2) is 8.78 Å². The Kier molecular flexibility index (Phi) is 3.33. The summed E-state index contributed by atoms with van der Waals surface area (Å²) in [5.74, 6) is -2.71. The van der Waals surface area contributed by atoms with E-state index in [0.717, 1.165) is 0 Å². The van der Waals surface area contributed by atoms with Crippen LogP contribution < -0.4 is 4.90 Å². The zero-order chi connectivity index (χ0) is 12.5. The highest BCUT2D eigenvalue weighted by atomic mass is 35.5. The molecule has 0 aromatic heterocycles. The molecular weight excluding hydrogens is 248 g/mol. The number of hydrogen-bond acceptors (Lipinski definition) is 2. The number of benzene rings is 1. The highest BCUT2D eigenvalue weighted by Gasteiger charge is 2.36. The number of hydrogen-bond donors (Lipinski definition) is 0. The molecule has 5 heteroatoms. The summed E-state index contributed by atoms with van der Waals surface area (Å²) in [4.78, 5) is 12.4. The van der Waals surface area contributed by atoms with Crippen LogP contribution in [0.5, 0.6) is 0 Å². The molecule has 0 spiro atoms. The van der Waals surface area contributed by atoms with Gasteiger partial charge in [-0.15, -0.1) is 0 Å². The van der Waals surface area contributed by atoms with Crippen molar-refractivity contribution in [2.24, 2.45) is 0 Å². The summed E-state index contributed by atoms with van der Waals surface area (Å²) >= 11 is 5.99. The molecule has 1 aromatic rings. The van der Waals surface area contributed by atoms with E-state index in [2.05, 4.69) is 0 Å². The number of carbonyl (C=O) groups excluding carboxylic acids is 1. The van der Waals surface area contributed by atoms with E-state index >= 15 is 0 Å². The van der Waals surface area contributed by atoms with Crippen molar-refractivity contribution in [1.82, 2.24) is 0 Å². The number of alkyl halides is 2. The first-order valence-electron chi connectivity index (χ1n) is 5.40. The summed E-state index contributed by atoms with van der Waals surface area (Å²) < 4.78 is 26.7. The Morgan fingerprint density at radius 2 is 2.18 bits per heavy atom. The van der Waals surface area contributed by atoms with Gasteiger partial charge < -0.3 is 4.90 Å². The molecule has 1 aliphatic heterocycles. The van der Waals surface area contributed by atoms with Crippen LogP contribution in [0.25, 0.3) is 0 Å². The molecule has 0 atom stereocenters. The Labute approximate surface area is 103 Å². The molecule has 1 saturated heterocycles. The fourth-order valence-electron chi connectivity index (χ4n) is 2.12. The van der Waals surface area contributed by atoms with Gasteiger partial charge in [0.05, 0.1) is 17.3 Å². The lowest BCUT2D eigenvalue weighted by molar-refractivity contribution is -0.0116. The Morgan fingerprint density at radius 3 is 2.82 bits per heavy atom. The van der Waals surface area contributed by atoms with Crippen molar-refractivity contribution in [3.63, 3.8) is 0 Å². The van der Waals surface area contributed by atoms with Gasteiger partial charge in [0.15, 0.2) is 6.29 Å². The predicted molar refractivity (Wildman–Crippen MR) is 63.2 cm³/mol. The van der Waals surface area contributed by atoms with Gasteiger partial charge in [0.25, 0.3) is 5.92 Å². The summed E-state index contributed by atoms with van der Waals surface area (Å²) in [7, 11) is 0. The fourth-order valence-corrected chi connectivity index (χ4v) is 2.42. The first-order chi connectivity index (χ1) is 8.03. The molecule has 0 N–H and O–H groups in total. The van der Waals surface area contributed by atoms with Gasteiger partial charge in [-0.1, -0.05) is 17.7 Å². The molecule has 2 rings (SSSR count). The van der Waals surface area contributed by atoms with Crippen molar-refractivity contribution >= 4 is 23.6 Å². The highest BCUT2D eigenvalue weighted by molar-refractivity contribution is 6.33. The molecule has 1 heterocycles. The summed E-state index contributed by atoms with van der Waals surface area (Å²) in [5, 5.41) is 0.340. The van der Waals surface area contributed by atoms with Crippen molar-refractivity contribution < 1.29 is 13.6 Å². The SMILES string of the molecule is O=Cc1cccc(Cl)c1N1CCCC(F)(F)C1. The van der Waals surface area contributed by atoms with Crippen LogP contribution in [0.3, 0.4) is 0 Å². The van der Waals surface area contributed by atoms with E-state index in [-0.39, 0.29) is 13.0 Å². The molecule has 1 aromatic carbocycles. The fraction of sp³-hybridized carbons (Fsp3) is 0.417. The Hall–Kier alpha value is -1.16. The summed E-state index contributed by atoms with van der Waals surface area (Å²) in [5.41, 5.74) is 0.777. The molecule has 1 fully saturated rings. The smallest absolute Gasteiger partial charge is 0.265 e. The van der Waals surface area contributed by atoms with Crippen LogP contribution >= 0.6 is 11.6 Å². The quantitative estimate of drug-likeness (QED) is 0.759. The molecule has 0 saturated carbocycles. The molecular formula is C12H12ClF2NO. The molecule has 92 valence electrons. The Morgan fingerprint density at radius 1 is 1.41 bits per heavy atom. The number of anilines is 1. The largest absolute Gasteiger partial charge is 0.364 e. The van der Waals surface area contributed by atoms with Crippen LogP contribution in [0.4, 0.5) is 14.5 Å². The van der Waals surface area contributed by atoms with Gasteiger partial charge in [-0.2, -0.15) is 0 Å². The number of carbonyl (C=O) groups is 1. The van der Waals surface area contributed by atoms with Crippen molar-refractivity contribution in [2.75, 3.05) is 18.0 Å². The summed E-state index contributed by atoms with van der Waals surface area (Å²) in [6.07, 6.45) is 0.939. The van der Waals surface area contributed by atoms with Crippen molar-refractivity contribution in [3.05, 3.63) is 28.8 Å². The van der Waals surface area contributed by atoms with E-state index in [0.29, 0.717) is 35.5 Å². The van der Waals surface area contributed by atoms with Crippen molar-refractivity contribution in [3.8, 4) is 0 Å². The minimum atomic E-state index is -2.71. The lowest BCUT2D eigenvalue weighted by atomic mass is 10.0. The molecule has 0 unspecified atom stereocenters. The van der Waals surface area contributed by atoms with E-state index in [1.165, 1.54) is 4.90 Å². The normalized spacial score (nSPS) is 19.1. The molecule has 0 amide bonds. The summed E-state index contributed by atoms with van der Waals surface area (Å²) in [6.45, 7) is 0.123. The van der Waals surface area contributed by atoms with E-state index in [4.69, 9.17) is 11.6 Å². The van der Waals surface area contributed by atoms with Gasteiger partial charge >= 0.3 is 0 Å².